The van der Waals surface area contributed by atoms with Crippen LogP contribution in [0.25, 0.3) is 0 Å². The number of esters is 1. The van der Waals surface area contributed by atoms with Crippen molar-refractivity contribution >= 4 is 17.4 Å². The number of benzene rings is 2. The molecule has 1 aliphatic heterocycles. The summed E-state index contributed by atoms with van der Waals surface area (Å²) in [5, 5.41) is 6.06. The lowest BCUT2D eigenvalue weighted by Crippen LogP contribution is -2.48. The summed E-state index contributed by atoms with van der Waals surface area (Å²) in [6.45, 7) is 1.68. The van der Waals surface area contributed by atoms with Gasteiger partial charge in [0, 0.05) is 6.42 Å². The number of carbonyl (C=O) groups is 1. The number of methoxy groups -OCH3 is 2. The van der Waals surface area contributed by atoms with E-state index >= 15 is 0 Å². The lowest BCUT2D eigenvalue weighted by Gasteiger charge is -2.31. The minimum absolute atomic E-state index is 0.192. The molecule has 0 amide bonds. The van der Waals surface area contributed by atoms with Crippen molar-refractivity contribution in [1.82, 2.24) is 0 Å². The maximum atomic E-state index is 12.8. The zero-order chi connectivity index (χ0) is 20.5. The normalized spacial score (nSPS) is 19.4. The molecule has 0 aromatic heterocycles. The second kappa shape index (κ2) is 7.18. The van der Waals surface area contributed by atoms with Gasteiger partial charge in [-0.3, -0.25) is 0 Å². The van der Waals surface area contributed by atoms with Crippen LogP contribution in [0.1, 0.15) is 24.5 Å². The van der Waals surface area contributed by atoms with E-state index in [1.807, 2.05) is 0 Å². The average Bonchev–Trinajstić information content (AvgIpc) is 3.05. The molecule has 0 saturated heterocycles. The fourth-order valence-corrected chi connectivity index (χ4v) is 3.12. The SMILES string of the molecule is COC(=O)[C@]1(C)CC(c2ccc(C(F)(F)F)cc2)=NN1c1ccc(OC)cc1. The lowest BCUT2D eigenvalue weighted by molar-refractivity contribution is -0.146. The molecule has 0 spiro atoms. The molecule has 8 heteroatoms. The number of halogens is 3. The summed E-state index contributed by atoms with van der Waals surface area (Å²) in [6.07, 6.45) is -4.22. The Hall–Kier alpha value is -3.03. The highest BCUT2D eigenvalue weighted by molar-refractivity contribution is 6.08. The maximum Gasteiger partial charge on any atom is 0.416 e. The molecule has 2 aromatic rings. The highest BCUT2D eigenvalue weighted by atomic mass is 19.4. The molecule has 148 valence electrons. The van der Waals surface area contributed by atoms with Crippen LogP contribution in [0.5, 0.6) is 5.75 Å². The molecule has 1 atom stereocenters. The number of hydrazone groups is 1. The van der Waals surface area contributed by atoms with Crippen LogP contribution in [-0.2, 0) is 15.7 Å². The highest BCUT2D eigenvalue weighted by Crippen LogP contribution is 2.37. The van der Waals surface area contributed by atoms with E-state index in [-0.39, 0.29) is 6.42 Å². The van der Waals surface area contributed by atoms with Crippen LogP contribution in [-0.4, -0.2) is 31.4 Å². The molecule has 3 rings (SSSR count). The molecular weight excluding hydrogens is 373 g/mol. The molecular formula is C20H19F3N2O3. The third-order valence-electron chi connectivity index (χ3n) is 4.69. The number of ether oxygens (including phenoxy) is 2. The van der Waals surface area contributed by atoms with Gasteiger partial charge in [-0.1, -0.05) is 12.1 Å². The summed E-state index contributed by atoms with van der Waals surface area (Å²) >= 11 is 0. The van der Waals surface area contributed by atoms with Crippen molar-refractivity contribution in [2.24, 2.45) is 5.10 Å². The zero-order valence-corrected chi connectivity index (χ0v) is 15.6. The first-order chi connectivity index (χ1) is 13.2. The summed E-state index contributed by atoms with van der Waals surface area (Å²) < 4.78 is 48.5. The summed E-state index contributed by atoms with van der Waals surface area (Å²) in [7, 11) is 2.83. The average molecular weight is 392 g/mol. The van der Waals surface area contributed by atoms with Crippen LogP contribution in [0.15, 0.2) is 53.6 Å². The summed E-state index contributed by atoms with van der Waals surface area (Å²) in [5.74, 6) is 0.156. The number of carbonyl (C=O) groups excluding carboxylic acids is 1. The van der Waals surface area contributed by atoms with Crippen LogP contribution in [0, 0.1) is 0 Å². The molecule has 0 fully saturated rings. The van der Waals surface area contributed by atoms with Crippen LogP contribution in [0.4, 0.5) is 18.9 Å². The zero-order valence-electron chi connectivity index (χ0n) is 15.6. The monoisotopic (exact) mass is 392 g/mol. The molecule has 5 nitrogen and oxygen atoms in total. The Kier molecular flexibility index (Phi) is 5.06. The van der Waals surface area contributed by atoms with Crippen molar-refractivity contribution in [2.75, 3.05) is 19.2 Å². The van der Waals surface area contributed by atoms with E-state index in [1.54, 1.807) is 38.3 Å². The van der Waals surface area contributed by atoms with Crippen molar-refractivity contribution in [3.63, 3.8) is 0 Å². The number of hydrogen-bond acceptors (Lipinski definition) is 5. The second-order valence-electron chi connectivity index (χ2n) is 6.57. The Labute approximate surface area is 160 Å². The smallest absolute Gasteiger partial charge is 0.416 e. The van der Waals surface area contributed by atoms with Crippen molar-refractivity contribution < 1.29 is 27.4 Å². The van der Waals surface area contributed by atoms with Crippen LogP contribution in [0.2, 0.25) is 0 Å². The molecule has 0 N–H and O–H groups in total. The minimum atomic E-state index is -4.41. The number of hydrogen-bond donors (Lipinski definition) is 0. The van der Waals surface area contributed by atoms with Gasteiger partial charge >= 0.3 is 12.1 Å². The maximum absolute atomic E-state index is 12.8. The third kappa shape index (κ3) is 3.54. The fourth-order valence-electron chi connectivity index (χ4n) is 3.12. The quantitative estimate of drug-likeness (QED) is 0.730. The summed E-state index contributed by atoms with van der Waals surface area (Å²) in [5.41, 5.74) is -0.216. The van der Waals surface area contributed by atoms with E-state index in [2.05, 4.69) is 5.10 Å². The van der Waals surface area contributed by atoms with Crippen molar-refractivity contribution in [3.8, 4) is 5.75 Å². The van der Waals surface area contributed by atoms with Gasteiger partial charge < -0.3 is 9.47 Å². The largest absolute Gasteiger partial charge is 0.497 e. The van der Waals surface area contributed by atoms with E-state index in [0.717, 1.165) is 12.1 Å². The molecule has 0 radical (unpaired) electrons. The Balaban J connectivity index is 1.99. The Morgan fingerprint density at radius 1 is 1.07 bits per heavy atom. The van der Waals surface area contributed by atoms with Gasteiger partial charge in [0.25, 0.3) is 0 Å². The summed E-state index contributed by atoms with van der Waals surface area (Å²) in [6, 6.07) is 11.7. The lowest BCUT2D eigenvalue weighted by atomic mass is 9.92. The summed E-state index contributed by atoms with van der Waals surface area (Å²) in [4.78, 5) is 12.5. The van der Waals surface area contributed by atoms with Gasteiger partial charge in [0.2, 0.25) is 0 Å². The number of rotatable bonds is 4. The number of alkyl halides is 3. The van der Waals surface area contributed by atoms with Gasteiger partial charge in [0.05, 0.1) is 31.2 Å². The molecule has 0 bridgehead atoms. The third-order valence-corrected chi connectivity index (χ3v) is 4.69. The van der Waals surface area contributed by atoms with Gasteiger partial charge in [0.1, 0.15) is 5.75 Å². The predicted octanol–water partition coefficient (Wildman–Crippen LogP) is 4.26. The number of nitrogens with zero attached hydrogens (tertiary/aromatic N) is 2. The van der Waals surface area contributed by atoms with Crippen molar-refractivity contribution in [3.05, 3.63) is 59.7 Å². The predicted molar refractivity (Wildman–Crippen MR) is 98.5 cm³/mol. The first-order valence-corrected chi connectivity index (χ1v) is 8.47. The molecule has 1 heterocycles. The van der Waals surface area contributed by atoms with E-state index in [0.29, 0.717) is 22.7 Å². The van der Waals surface area contributed by atoms with Crippen LogP contribution >= 0.6 is 0 Å². The molecule has 28 heavy (non-hydrogen) atoms. The topological polar surface area (TPSA) is 51.1 Å². The first kappa shape index (κ1) is 19.7. The van der Waals surface area contributed by atoms with Gasteiger partial charge in [-0.05, 0) is 48.9 Å². The number of anilines is 1. The Morgan fingerprint density at radius 3 is 2.18 bits per heavy atom. The Morgan fingerprint density at radius 2 is 1.68 bits per heavy atom. The van der Waals surface area contributed by atoms with Gasteiger partial charge in [-0.25, -0.2) is 9.80 Å². The van der Waals surface area contributed by atoms with Gasteiger partial charge in [-0.2, -0.15) is 18.3 Å². The van der Waals surface area contributed by atoms with Crippen molar-refractivity contribution in [1.29, 1.82) is 0 Å². The van der Waals surface area contributed by atoms with Gasteiger partial charge in [-0.15, -0.1) is 0 Å². The van der Waals surface area contributed by atoms with Gasteiger partial charge in [0.15, 0.2) is 5.54 Å². The molecule has 1 aliphatic rings. The van der Waals surface area contributed by atoms with E-state index in [9.17, 15) is 18.0 Å². The fraction of sp³-hybridized carbons (Fsp3) is 0.300. The standard InChI is InChI=1S/C20H19F3N2O3/c1-19(18(26)28-3)12-17(13-4-6-14(7-5-13)20(21,22)23)24-25(19)15-8-10-16(27-2)11-9-15/h4-11H,12H2,1-3H3/t19-/m0/s1. The molecule has 0 saturated carbocycles. The first-order valence-electron chi connectivity index (χ1n) is 8.47. The molecule has 0 unspecified atom stereocenters. The second-order valence-corrected chi connectivity index (χ2v) is 6.57. The molecule has 0 aliphatic carbocycles. The van der Waals surface area contributed by atoms with Crippen molar-refractivity contribution in [2.45, 2.75) is 25.1 Å². The Bertz CT molecular complexity index is 892. The van der Waals surface area contributed by atoms with E-state index < -0.39 is 23.2 Å². The minimum Gasteiger partial charge on any atom is -0.497 e. The van der Waals surface area contributed by atoms with E-state index in [4.69, 9.17) is 9.47 Å². The van der Waals surface area contributed by atoms with Crippen LogP contribution < -0.4 is 9.75 Å². The molecule has 2 aromatic carbocycles. The highest BCUT2D eigenvalue weighted by Gasteiger charge is 2.47. The van der Waals surface area contributed by atoms with Crippen LogP contribution in [0.3, 0.4) is 0 Å². The van der Waals surface area contributed by atoms with E-state index in [1.165, 1.54) is 24.3 Å².